The van der Waals surface area contributed by atoms with E-state index in [0.717, 1.165) is 0 Å². The number of anilines is 1. The number of sulfonamides is 1. The molecule has 0 unspecified atom stereocenters. The Morgan fingerprint density at radius 3 is 2.44 bits per heavy atom. The third-order valence-corrected chi connectivity index (χ3v) is 5.08. The van der Waals surface area contributed by atoms with Crippen molar-refractivity contribution >= 4 is 32.4 Å². The maximum Gasteiger partial charge on any atom is 0.241 e. The summed E-state index contributed by atoms with van der Waals surface area (Å²) < 4.78 is 32.7. The number of nitrogens with one attached hydrogen (secondary N) is 3. The number of benzene rings is 2. The van der Waals surface area contributed by atoms with Crippen molar-refractivity contribution in [3.63, 3.8) is 0 Å². The van der Waals surface area contributed by atoms with Crippen molar-refractivity contribution in [3.05, 3.63) is 36.4 Å². The summed E-state index contributed by atoms with van der Waals surface area (Å²) in [6.07, 6.45) is 0. The van der Waals surface area contributed by atoms with Crippen LogP contribution in [0.1, 0.15) is 6.92 Å². The number of methoxy groups -OCH3 is 1. The molecule has 0 aliphatic carbocycles. The topological polar surface area (TPSA) is 96.5 Å². The van der Waals surface area contributed by atoms with E-state index in [1.54, 1.807) is 37.4 Å². The van der Waals surface area contributed by atoms with Crippen LogP contribution in [-0.4, -0.2) is 47.7 Å². The Labute approximate surface area is 147 Å². The summed E-state index contributed by atoms with van der Waals surface area (Å²) in [6.45, 7) is 3.42. The van der Waals surface area contributed by atoms with Crippen molar-refractivity contribution in [2.75, 3.05) is 38.7 Å². The highest BCUT2D eigenvalue weighted by Crippen LogP contribution is 2.29. The van der Waals surface area contributed by atoms with Gasteiger partial charge in [-0.05, 0) is 12.1 Å². The molecular formula is C17H23N3O4S. The summed E-state index contributed by atoms with van der Waals surface area (Å²) in [5.41, 5.74) is 0.586. The average molecular weight is 365 g/mol. The zero-order chi connectivity index (χ0) is 18.3. The largest absolute Gasteiger partial charge is 0.383 e. The lowest BCUT2D eigenvalue weighted by Crippen LogP contribution is -2.33. The molecular weight excluding hydrogens is 342 g/mol. The second-order valence-electron chi connectivity index (χ2n) is 5.48. The number of hydrogen-bond donors (Lipinski definition) is 3. The molecule has 2 aromatic carbocycles. The second kappa shape index (κ2) is 8.91. The van der Waals surface area contributed by atoms with Gasteiger partial charge in [0.15, 0.2) is 0 Å². The van der Waals surface area contributed by atoms with Gasteiger partial charge in [-0.1, -0.05) is 24.3 Å². The molecule has 0 saturated heterocycles. The van der Waals surface area contributed by atoms with Gasteiger partial charge in [-0.15, -0.1) is 0 Å². The normalized spacial score (nSPS) is 11.6. The van der Waals surface area contributed by atoms with E-state index in [9.17, 15) is 13.2 Å². The monoisotopic (exact) mass is 365 g/mol. The lowest BCUT2D eigenvalue weighted by Gasteiger charge is -2.13. The van der Waals surface area contributed by atoms with Gasteiger partial charge < -0.3 is 15.4 Å². The number of fused-ring (bicyclic) bond motifs is 1. The van der Waals surface area contributed by atoms with Gasteiger partial charge in [0.05, 0.1) is 11.5 Å². The van der Waals surface area contributed by atoms with Crippen molar-refractivity contribution < 1.29 is 17.9 Å². The summed E-state index contributed by atoms with van der Waals surface area (Å²) in [4.78, 5) is 11.5. The molecule has 0 aromatic heterocycles. The molecule has 1 amide bonds. The summed E-state index contributed by atoms with van der Waals surface area (Å²) in [6, 6.07) is 10.2. The first-order chi connectivity index (χ1) is 12.0. The fraction of sp³-hybridized carbons (Fsp3) is 0.353. The number of carbonyl (C=O) groups excluding carboxylic acids is 1. The van der Waals surface area contributed by atoms with Crippen LogP contribution in [0, 0.1) is 0 Å². The summed E-state index contributed by atoms with van der Waals surface area (Å²) in [7, 11) is -2.05. The van der Waals surface area contributed by atoms with E-state index in [0.29, 0.717) is 36.2 Å². The molecule has 0 radical (unpaired) electrons. The van der Waals surface area contributed by atoms with E-state index < -0.39 is 10.0 Å². The van der Waals surface area contributed by atoms with Gasteiger partial charge in [0.2, 0.25) is 15.9 Å². The predicted molar refractivity (Wildman–Crippen MR) is 98.2 cm³/mol. The molecule has 0 atom stereocenters. The highest BCUT2D eigenvalue weighted by molar-refractivity contribution is 7.89. The molecule has 2 rings (SSSR count). The number of hydrogen-bond acceptors (Lipinski definition) is 5. The molecule has 8 heteroatoms. The smallest absolute Gasteiger partial charge is 0.241 e. The molecule has 0 bridgehead atoms. The molecule has 0 aliphatic rings. The summed E-state index contributed by atoms with van der Waals surface area (Å²) >= 11 is 0. The van der Waals surface area contributed by atoms with Gasteiger partial charge in [-0.25, -0.2) is 13.1 Å². The fourth-order valence-corrected chi connectivity index (χ4v) is 3.70. The minimum absolute atomic E-state index is 0.189. The summed E-state index contributed by atoms with van der Waals surface area (Å²) in [5, 5.41) is 7.04. The van der Waals surface area contributed by atoms with Crippen LogP contribution < -0.4 is 15.4 Å². The van der Waals surface area contributed by atoms with E-state index in [-0.39, 0.29) is 17.3 Å². The first-order valence-electron chi connectivity index (χ1n) is 7.94. The highest BCUT2D eigenvalue weighted by Gasteiger charge is 2.18. The quantitative estimate of drug-likeness (QED) is 0.582. The van der Waals surface area contributed by atoms with Gasteiger partial charge in [0.25, 0.3) is 0 Å². The molecule has 25 heavy (non-hydrogen) atoms. The Hall–Kier alpha value is -2.00. The van der Waals surface area contributed by atoms with Gasteiger partial charge in [0.1, 0.15) is 0 Å². The third-order valence-electron chi connectivity index (χ3n) is 3.56. The van der Waals surface area contributed by atoms with Crippen molar-refractivity contribution in [1.29, 1.82) is 0 Å². The Balaban J connectivity index is 2.20. The van der Waals surface area contributed by atoms with Crippen LogP contribution in [-0.2, 0) is 19.6 Å². The maximum absolute atomic E-state index is 12.6. The molecule has 0 heterocycles. The van der Waals surface area contributed by atoms with Crippen LogP contribution >= 0.6 is 0 Å². The zero-order valence-corrected chi connectivity index (χ0v) is 15.2. The molecule has 2 aromatic rings. The molecule has 0 aliphatic heterocycles. The van der Waals surface area contributed by atoms with E-state index in [1.807, 2.05) is 0 Å². The van der Waals surface area contributed by atoms with Gasteiger partial charge in [-0.3, -0.25) is 4.79 Å². The number of rotatable bonds is 9. The minimum Gasteiger partial charge on any atom is -0.383 e. The van der Waals surface area contributed by atoms with E-state index in [4.69, 9.17) is 4.74 Å². The van der Waals surface area contributed by atoms with Crippen molar-refractivity contribution in [3.8, 4) is 0 Å². The molecule has 7 nitrogen and oxygen atoms in total. The molecule has 0 saturated carbocycles. The van der Waals surface area contributed by atoms with E-state index in [2.05, 4.69) is 15.4 Å². The lowest BCUT2D eigenvalue weighted by molar-refractivity contribution is -0.114. The SMILES string of the molecule is COCCNCCNS(=O)(=O)c1ccc(NC(C)=O)c2ccccc12. The van der Waals surface area contributed by atoms with Crippen LogP contribution in [0.25, 0.3) is 10.8 Å². The molecule has 136 valence electrons. The minimum atomic E-state index is -3.66. The number of carbonyl (C=O) groups is 1. The first-order valence-corrected chi connectivity index (χ1v) is 9.42. The van der Waals surface area contributed by atoms with Crippen LogP contribution in [0.3, 0.4) is 0 Å². The van der Waals surface area contributed by atoms with Crippen LogP contribution in [0.4, 0.5) is 5.69 Å². The van der Waals surface area contributed by atoms with Crippen LogP contribution in [0.5, 0.6) is 0 Å². The van der Waals surface area contributed by atoms with Gasteiger partial charge in [0, 0.05) is 50.1 Å². The Morgan fingerprint density at radius 2 is 1.76 bits per heavy atom. The molecule has 0 fully saturated rings. The fourth-order valence-electron chi connectivity index (χ4n) is 2.46. The van der Waals surface area contributed by atoms with Crippen molar-refractivity contribution in [2.24, 2.45) is 0 Å². The average Bonchev–Trinajstić information content (AvgIpc) is 2.57. The van der Waals surface area contributed by atoms with Gasteiger partial charge >= 0.3 is 0 Å². The van der Waals surface area contributed by atoms with E-state index in [1.165, 1.54) is 13.0 Å². The third kappa shape index (κ3) is 5.23. The van der Waals surface area contributed by atoms with Crippen LogP contribution in [0.15, 0.2) is 41.3 Å². The lowest BCUT2D eigenvalue weighted by atomic mass is 10.1. The summed E-state index contributed by atoms with van der Waals surface area (Å²) in [5.74, 6) is -0.207. The Morgan fingerprint density at radius 1 is 1.04 bits per heavy atom. The molecule has 3 N–H and O–H groups in total. The zero-order valence-electron chi connectivity index (χ0n) is 14.3. The van der Waals surface area contributed by atoms with Crippen molar-refractivity contribution in [2.45, 2.75) is 11.8 Å². The van der Waals surface area contributed by atoms with Crippen LogP contribution in [0.2, 0.25) is 0 Å². The first kappa shape index (κ1) is 19.3. The number of amides is 1. The van der Waals surface area contributed by atoms with Crippen molar-refractivity contribution in [1.82, 2.24) is 10.0 Å². The Bertz CT molecular complexity index is 837. The van der Waals surface area contributed by atoms with E-state index >= 15 is 0 Å². The van der Waals surface area contributed by atoms with Gasteiger partial charge in [-0.2, -0.15) is 0 Å². The Kier molecular flexibility index (Phi) is 6.89. The number of ether oxygens (including phenoxy) is 1. The predicted octanol–water partition coefficient (Wildman–Crippen LogP) is 1.31. The highest BCUT2D eigenvalue weighted by atomic mass is 32.2. The standard InChI is InChI=1S/C17H23N3O4S/c1-13(21)20-16-7-8-17(15-6-4-3-5-14(15)16)25(22,23)19-10-9-18-11-12-24-2/h3-8,18-19H,9-12H2,1-2H3,(H,20,21). The molecule has 0 spiro atoms. The second-order valence-corrected chi connectivity index (χ2v) is 7.21. The maximum atomic E-state index is 12.6.